The van der Waals surface area contributed by atoms with Crippen molar-refractivity contribution in [3.8, 4) is 11.3 Å². The first kappa shape index (κ1) is 19.2. The highest BCUT2D eigenvalue weighted by atomic mass is 16.4. The van der Waals surface area contributed by atoms with Crippen LogP contribution in [0.25, 0.3) is 16.9 Å². The Kier molecular flexibility index (Phi) is 4.86. The minimum Gasteiger partial charge on any atom is -0.478 e. The van der Waals surface area contributed by atoms with Crippen molar-refractivity contribution in [2.45, 2.75) is 32.2 Å². The van der Waals surface area contributed by atoms with E-state index in [9.17, 15) is 4.79 Å². The number of carboxylic acids is 1. The summed E-state index contributed by atoms with van der Waals surface area (Å²) in [7, 11) is 0. The van der Waals surface area contributed by atoms with Crippen molar-refractivity contribution in [1.29, 1.82) is 0 Å². The zero-order valence-corrected chi connectivity index (χ0v) is 17.3. The van der Waals surface area contributed by atoms with Gasteiger partial charge in [0.15, 0.2) is 5.65 Å². The van der Waals surface area contributed by atoms with Crippen LogP contribution >= 0.6 is 0 Å². The molecule has 31 heavy (non-hydrogen) atoms. The highest BCUT2D eigenvalue weighted by Gasteiger charge is 2.21. The molecule has 1 atom stereocenters. The summed E-state index contributed by atoms with van der Waals surface area (Å²) < 4.78 is 1.77. The molecule has 3 aromatic heterocycles. The molecule has 156 valence electrons. The van der Waals surface area contributed by atoms with Gasteiger partial charge in [-0.3, -0.25) is 0 Å². The third-order valence-corrected chi connectivity index (χ3v) is 5.87. The molecule has 0 bridgehead atoms. The number of imidazole rings is 1. The molecule has 7 heteroatoms. The number of aromatic carboxylic acids is 1. The fraction of sp³-hybridized carbons (Fsp3) is 0.250. The van der Waals surface area contributed by atoms with Gasteiger partial charge in [-0.05, 0) is 50.1 Å². The van der Waals surface area contributed by atoms with Crippen molar-refractivity contribution >= 4 is 17.4 Å². The van der Waals surface area contributed by atoms with E-state index < -0.39 is 5.97 Å². The van der Waals surface area contributed by atoms with Gasteiger partial charge < -0.3 is 10.0 Å². The van der Waals surface area contributed by atoms with Crippen molar-refractivity contribution in [3.05, 3.63) is 77.7 Å². The van der Waals surface area contributed by atoms with E-state index in [-0.39, 0.29) is 5.56 Å². The Morgan fingerprint density at radius 3 is 2.77 bits per heavy atom. The second-order valence-electron chi connectivity index (χ2n) is 7.98. The van der Waals surface area contributed by atoms with E-state index in [4.69, 9.17) is 10.1 Å². The Hall–Kier alpha value is -3.74. The summed E-state index contributed by atoms with van der Waals surface area (Å²) in [5.41, 5.74) is 4.69. The molecule has 4 heterocycles. The van der Waals surface area contributed by atoms with Crippen molar-refractivity contribution in [3.63, 3.8) is 0 Å². The van der Waals surface area contributed by atoms with Crippen LogP contribution in [0.3, 0.4) is 0 Å². The standard InChI is InChI=1S/C24H23N5O2/c1-16-4-3-12-28(16)22-6-2-5-20(26-22)14-19-15-21(27-29-13-11-25-23(19)29)17-7-9-18(10-8-17)24(30)31/h2,5-11,13,15-16H,3-4,12,14H2,1H3,(H,30,31)/t16-/m0/s1. The zero-order valence-electron chi connectivity index (χ0n) is 17.3. The SMILES string of the molecule is C[C@H]1CCCN1c1cccc(Cc2cc(-c3ccc(C(=O)O)cc3)nn3ccnc23)n1. The molecule has 0 unspecified atom stereocenters. The Morgan fingerprint density at radius 1 is 1.19 bits per heavy atom. The number of carboxylic acid groups (broad SMARTS) is 1. The number of hydrogen-bond donors (Lipinski definition) is 1. The van der Waals surface area contributed by atoms with Crippen LogP contribution in [-0.2, 0) is 6.42 Å². The number of carbonyl (C=O) groups is 1. The summed E-state index contributed by atoms with van der Waals surface area (Å²) >= 11 is 0. The average molecular weight is 413 g/mol. The minimum atomic E-state index is -0.941. The quantitative estimate of drug-likeness (QED) is 0.531. The van der Waals surface area contributed by atoms with Gasteiger partial charge in [0.05, 0.1) is 11.3 Å². The molecule has 1 aromatic carbocycles. The lowest BCUT2D eigenvalue weighted by molar-refractivity contribution is 0.0697. The minimum absolute atomic E-state index is 0.254. The molecule has 0 radical (unpaired) electrons. The topological polar surface area (TPSA) is 83.6 Å². The summed E-state index contributed by atoms with van der Waals surface area (Å²) in [6.07, 6.45) is 6.60. The van der Waals surface area contributed by atoms with E-state index in [1.54, 1.807) is 35.0 Å². The van der Waals surface area contributed by atoms with Crippen LogP contribution in [0.1, 0.15) is 41.4 Å². The Labute approximate surface area is 180 Å². The largest absolute Gasteiger partial charge is 0.478 e. The van der Waals surface area contributed by atoms with E-state index in [2.05, 4.69) is 34.0 Å². The fourth-order valence-electron chi connectivity index (χ4n) is 4.23. The van der Waals surface area contributed by atoms with Crippen molar-refractivity contribution < 1.29 is 9.90 Å². The van der Waals surface area contributed by atoms with Gasteiger partial charge >= 0.3 is 5.97 Å². The third-order valence-electron chi connectivity index (χ3n) is 5.87. The van der Waals surface area contributed by atoms with Gasteiger partial charge in [0.25, 0.3) is 0 Å². The van der Waals surface area contributed by atoms with Gasteiger partial charge in [-0.2, -0.15) is 5.10 Å². The normalized spacial score (nSPS) is 16.2. The van der Waals surface area contributed by atoms with E-state index in [1.165, 1.54) is 12.8 Å². The van der Waals surface area contributed by atoms with E-state index in [1.807, 2.05) is 18.3 Å². The number of aromatic nitrogens is 4. The predicted octanol–water partition coefficient (Wildman–Crippen LogP) is 4.07. The van der Waals surface area contributed by atoms with Crippen LogP contribution in [0.15, 0.2) is 60.9 Å². The van der Waals surface area contributed by atoms with Crippen LogP contribution in [0.4, 0.5) is 5.82 Å². The summed E-state index contributed by atoms with van der Waals surface area (Å²) in [5, 5.41) is 13.8. The molecule has 5 rings (SSSR count). The number of anilines is 1. The van der Waals surface area contributed by atoms with E-state index in [0.717, 1.165) is 40.5 Å². The highest BCUT2D eigenvalue weighted by Crippen LogP contribution is 2.26. The number of pyridine rings is 1. The van der Waals surface area contributed by atoms with Crippen LogP contribution < -0.4 is 4.90 Å². The van der Waals surface area contributed by atoms with Crippen LogP contribution in [-0.4, -0.2) is 43.2 Å². The molecule has 4 aromatic rings. The molecule has 1 saturated heterocycles. The highest BCUT2D eigenvalue weighted by molar-refractivity contribution is 5.88. The number of benzene rings is 1. The molecule has 0 saturated carbocycles. The van der Waals surface area contributed by atoms with Gasteiger partial charge in [-0.15, -0.1) is 0 Å². The van der Waals surface area contributed by atoms with Gasteiger partial charge in [-0.25, -0.2) is 19.3 Å². The van der Waals surface area contributed by atoms with Crippen molar-refractivity contribution in [2.24, 2.45) is 0 Å². The number of hydrogen-bond acceptors (Lipinski definition) is 5. The molecule has 0 amide bonds. The van der Waals surface area contributed by atoms with Gasteiger partial charge in [0.2, 0.25) is 0 Å². The van der Waals surface area contributed by atoms with E-state index >= 15 is 0 Å². The lowest BCUT2D eigenvalue weighted by Crippen LogP contribution is -2.27. The predicted molar refractivity (Wildman–Crippen MR) is 118 cm³/mol. The number of fused-ring (bicyclic) bond motifs is 1. The summed E-state index contributed by atoms with van der Waals surface area (Å²) in [4.78, 5) is 22.9. The van der Waals surface area contributed by atoms with Gasteiger partial charge in [0.1, 0.15) is 5.82 Å². The van der Waals surface area contributed by atoms with Crippen LogP contribution in [0.5, 0.6) is 0 Å². The molecule has 1 N–H and O–H groups in total. The molecular formula is C24H23N5O2. The Morgan fingerprint density at radius 2 is 2.03 bits per heavy atom. The summed E-state index contributed by atoms with van der Waals surface area (Å²) in [6, 6.07) is 15.5. The van der Waals surface area contributed by atoms with Crippen LogP contribution in [0.2, 0.25) is 0 Å². The molecule has 0 spiro atoms. The van der Waals surface area contributed by atoms with Crippen molar-refractivity contribution in [2.75, 3.05) is 11.4 Å². The molecule has 7 nitrogen and oxygen atoms in total. The fourth-order valence-corrected chi connectivity index (χ4v) is 4.23. The molecule has 1 aliphatic rings. The second kappa shape index (κ2) is 7.83. The summed E-state index contributed by atoms with van der Waals surface area (Å²) in [5.74, 6) is 0.0870. The van der Waals surface area contributed by atoms with E-state index in [0.29, 0.717) is 12.5 Å². The second-order valence-corrected chi connectivity index (χ2v) is 7.98. The van der Waals surface area contributed by atoms with Gasteiger partial charge in [-0.1, -0.05) is 18.2 Å². The number of rotatable bonds is 5. The number of nitrogens with zero attached hydrogens (tertiary/aromatic N) is 5. The molecular weight excluding hydrogens is 390 g/mol. The summed E-state index contributed by atoms with van der Waals surface area (Å²) in [6.45, 7) is 3.30. The first-order valence-electron chi connectivity index (χ1n) is 10.5. The first-order chi connectivity index (χ1) is 15.1. The maximum atomic E-state index is 11.2. The van der Waals surface area contributed by atoms with Crippen LogP contribution in [0, 0.1) is 0 Å². The monoisotopic (exact) mass is 413 g/mol. The maximum Gasteiger partial charge on any atom is 0.335 e. The molecule has 1 fully saturated rings. The smallest absolute Gasteiger partial charge is 0.335 e. The molecule has 0 aliphatic carbocycles. The third kappa shape index (κ3) is 3.74. The Balaban J connectivity index is 1.50. The van der Waals surface area contributed by atoms with Gasteiger partial charge in [0, 0.05) is 48.2 Å². The first-order valence-corrected chi connectivity index (χ1v) is 10.5. The molecule has 1 aliphatic heterocycles. The average Bonchev–Trinajstić information content (AvgIpc) is 3.43. The lowest BCUT2D eigenvalue weighted by Gasteiger charge is -2.23. The lowest BCUT2D eigenvalue weighted by atomic mass is 10.1. The van der Waals surface area contributed by atoms with Crippen molar-refractivity contribution in [1.82, 2.24) is 19.6 Å². The zero-order chi connectivity index (χ0) is 21.4. The Bertz CT molecular complexity index is 1250. The maximum absolute atomic E-state index is 11.2.